The smallest absolute Gasteiger partial charge is 0.254 e. The predicted octanol–water partition coefficient (Wildman–Crippen LogP) is 1.71. The van der Waals surface area contributed by atoms with E-state index in [1.807, 2.05) is 0 Å². The second-order valence-corrected chi connectivity index (χ2v) is 6.50. The first-order valence-corrected chi connectivity index (χ1v) is 8.35. The number of halogens is 2. The monoisotopic (exact) mass is 367 g/mol. The van der Waals surface area contributed by atoms with Crippen LogP contribution in [0, 0.1) is 0 Å². The maximum atomic E-state index is 13.8. The lowest BCUT2D eigenvalue weighted by Gasteiger charge is -2.28. The molecule has 1 saturated heterocycles. The van der Waals surface area contributed by atoms with Crippen molar-refractivity contribution in [2.24, 2.45) is 5.73 Å². The van der Waals surface area contributed by atoms with Gasteiger partial charge in [-0.3, -0.25) is 4.79 Å². The zero-order valence-electron chi connectivity index (χ0n) is 13.5. The van der Waals surface area contributed by atoms with Crippen LogP contribution in [0.5, 0.6) is 5.88 Å². The third-order valence-electron chi connectivity index (χ3n) is 4.02. The van der Waals surface area contributed by atoms with Gasteiger partial charge in [-0.1, -0.05) is 23.8 Å². The first kappa shape index (κ1) is 17.8. The molecule has 3 N–H and O–H groups in total. The van der Waals surface area contributed by atoms with Crippen LogP contribution in [0.15, 0.2) is 42.1 Å². The van der Waals surface area contributed by atoms with E-state index in [1.54, 1.807) is 24.3 Å². The van der Waals surface area contributed by atoms with Crippen LogP contribution >= 0.6 is 11.6 Å². The highest BCUT2D eigenvalue weighted by Crippen LogP contribution is 2.32. The summed E-state index contributed by atoms with van der Waals surface area (Å²) >= 11 is 5.69. The van der Waals surface area contributed by atoms with Gasteiger partial charge in [0.05, 0.1) is 6.61 Å². The quantitative estimate of drug-likeness (QED) is 0.791. The van der Waals surface area contributed by atoms with Crippen molar-refractivity contribution >= 4 is 17.5 Å². The number of nitrogens with zero attached hydrogens (tertiary/aromatic N) is 1. The van der Waals surface area contributed by atoms with Crippen LogP contribution in [-0.2, 0) is 4.74 Å². The summed E-state index contributed by atoms with van der Waals surface area (Å²) in [4.78, 5) is 15.7. The molecule has 1 fully saturated rings. The van der Waals surface area contributed by atoms with Gasteiger partial charge >= 0.3 is 0 Å². The molecule has 25 heavy (non-hydrogen) atoms. The van der Waals surface area contributed by atoms with Crippen LogP contribution in [0.3, 0.4) is 0 Å². The lowest BCUT2D eigenvalue weighted by atomic mass is 9.97. The van der Waals surface area contributed by atoms with Gasteiger partial charge in [-0.25, -0.2) is 9.37 Å². The van der Waals surface area contributed by atoms with Crippen LogP contribution < -0.4 is 15.8 Å². The topological polar surface area (TPSA) is 86.5 Å². The molecule has 6 nitrogen and oxygen atoms in total. The SMILES string of the molecule is NC(=O)c1cccnc1O[C@@H]1CNCCO[C@H]1C1=CCC(F)(Cl)C=C1. The van der Waals surface area contributed by atoms with Crippen molar-refractivity contribution in [2.75, 3.05) is 19.7 Å². The fourth-order valence-electron chi connectivity index (χ4n) is 2.77. The third kappa shape index (κ3) is 4.36. The van der Waals surface area contributed by atoms with Gasteiger partial charge in [0, 0.05) is 25.7 Å². The normalized spacial score (nSPS) is 29.6. The number of nitrogens with two attached hydrogens (primary N) is 1. The summed E-state index contributed by atoms with van der Waals surface area (Å²) in [5.41, 5.74) is 6.35. The Morgan fingerprint density at radius 1 is 1.56 bits per heavy atom. The molecule has 0 spiro atoms. The Balaban J connectivity index is 1.84. The Morgan fingerprint density at radius 2 is 2.40 bits per heavy atom. The first-order chi connectivity index (χ1) is 12.0. The Labute approximate surface area is 149 Å². The maximum Gasteiger partial charge on any atom is 0.254 e. The summed E-state index contributed by atoms with van der Waals surface area (Å²) in [5.74, 6) is -0.474. The molecule has 3 rings (SSSR count). The van der Waals surface area contributed by atoms with E-state index in [9.17, 15) is 9.18 Å². The molecule has 1 aliphatic heterocycles. The molecule has 0 radical (unpaired) electrons. The largest absolute Gasteiger partial charge is 0.469 e. The number of aromatic nitrogens is 1. The van der Waals surface area contributed by atoms with E-state index in [0.29, 0.717) is 19.7 Å². The van der Waals surface area contributed by atoms with Gasteiger partial charge in [0.1, 0.15) is 17.8 Å². The molecule has 0 saturated carbocycles. The minimum absolute atomic E-state index is 0.0521. The Bertz CT molecular complexity index is 708. The second kappa shape index (κ2) is 7.51. The number of carbonyl (C=O) groups is 1. The van der Waals surface area contributed by atoms with E-state index in [4.69, 9.17) is 26.8 Å². The van der Waals surface area contributed by atoms with Gasteiger partial charge in [-0.15, -0.1) is 0 Å². The van der Waals surface area contributed by atoms with Crippen molar-refractivity contribution in [3.8, 4) is 5.88 Å². The molecular formula is C17H19ClFN3O3. The summed E-state index contributed by atoms with van der Waals surface area (Å²) < 4.78 is 25.6. The number of alkyl halides is 2. The third-order valence-corrected chi connectivity index (χ3v) is 4.30. The van der Waals surface area contributed by atoms with Crippen molar-refractivity contribution < 1.29 is 18.7 Å². The number of amides is 1. The average molecular weight is 368 g/mol. The van der Waals surface area contributed by atoms with Gasteiger partial charge in [-0.2, -0.15) is 0 Å². The van der Waals surface area contributed by atoms with Crippen molar-refractivity contribution in [2.45, 2.75) is 23.8 Å². The molecule has 1 aromatic rings. The predicted molar refractivity (Wildman–Crippen MR) is 91.3 cm³/mol. The summed E-state index contributed by atoms with van der Waals surface area (Å²) in [5, 5.41) is 1.33. The fraction of sp³-hybridized carbons (Fsp3) is 0.412. The highest BCUT2D eigenvalue weighted by molar-refractivity contribution is 6.24. The number of hydrogen-bond donors (Lipinski definition) is 2. The van der Waals surface area contributed by atoms with Crippen molar-refractivity contribution in [1.82, 2.24) is 10.3 Å². The van der Waals surface area contributed by atoms with Crippen LogP contribution in [-0.4, -0.2) is 47.9 Å². The molecule has 2 aliphatic rings. The van der Waals surface area contributed by atoms with Crippen molar-refractivity contribution in [3.05, 3.63) is 47.7 Å². The van der Waals surface area contributed by atoms with Crippen LogP contribution in [0.25, 0.3) is 0 Å². The van der Waals surface area contributed by atoms with E-state index >= 15 is 0 Å². The standard InChI is InChI=1S/C17H19ClFN3O3/c18-17(19)5-3-11(4-6-17)14-13(10-21-8-9-24-14)25-16-12(15(20)23)2-1-7-22-16/h1-5,7,13-14,21H,6,8-10H2,(H2,20,23)/t13-,14+,17?/m1/s1. The van der Waals surface area contributed by atoms with Crippen LogP contribution in [0.1, 0.15) is 16.8 Å². The summed E-state index contributed by atoms with van der Waals surface area (Å²) in [6.45, 7) is 1.61. The van der Waals surface area contributed by atoms with Gasteiger partial charge in [0.2, 0.25) is 11.0 Å². The van der Waals surface area contributed by atoms with Gasteiger partial charge in [0.15, 0.2) is 0 Å². The summed E-state index contributed by atoms with van der Waals surface area (Å²) in [6.07, 6.45) is 5.28. The number of pyridine rings is 1. The summed E-state index contributed by atoms with van der Waals surface area (Å²) in [7, 11) is 0. The number of hydrogen-bond acceptors (Lipinski definition) is 5. The molecule has 134 valence electrons. The van der Waals surface area contributed by atoms with Gasteiger partial charge in [0.25, 0.3) is 5.91 Å². The number of rotatable bonds is 4. The zero-order valence-corrected chi connectivity index (χ0v) is 14.2. The minimum atomic E-state index is -1.87. The maximum absolute atomic E-state index is 13.8. The first-order valence-electron chi connectivity index (χ1n) is 7.97. The molecule has 8 heteroatoms. The van der Waals surface area contributed by atoms with Crippen molar-refractivity contribution in [1.29, 1.82) is 0 Å². The highest BCUT2D eigenvalue weighted by Gasteiger charge is 2.33. The fourth-order valence-corrected chi connectivity index (χ4v) is 2.91. The van der Waals surface area contributed by atoms with Gasteiger partial charge in [-0.05, 0) is 23.8 Å². The van der Waals surface area contributed by atoms with E-state index in [1.165, 1.54) is 12.3 Å². The zero-order chi connectivity index (χ0) is 17.9. The number of allylic oxidation sites excluding steroid dienone is 2. The van der Waals surface area contributed by atoms with E-state index in [-0.39, 0.29) is 17.9 Å². The average Bonchev–Trinajstić information content (AvgIpc) is 2.81. The number of carbonyl (C=O) groups excluding carboxylic acids is 1. The van der Waals surface area contributed by atoms with E-state index in [2.05, 4.69) is 10.3 Å². The molecular weight excluding hydrogens is 349 g/mol. The van der Waals surface area contributed by atoms with Crippen LogP contribution in [0.4, 0.5) is 4.39 Å². The summed E-state index contributed by atoms with van der Waals surface area (Å²) in [6, 6.07) is 3.16. The van der Waals surface area contributed by atoms with Crippen molar-refractivity contribution in [3.63, 3.8) is 0 Å². The lowest BCUT2D eigenvalue weighted by Crippen LogP contribution is -2.41. The highest BCUT2D eigenvalue weighted by atomic mass is 35.5. The Kier molecular flexibility index (Phi) is 5.36. The number of nitrogens with one attached hydrogen (secondary N) is 1. The Hall–Kier alpha value is -1.96. The molecule has 1 amide bonds. The molecule has 0 bridgehead atoms. The molecule has 1 aromatic heterocycles. The van der Waals surface area contributed by atoms with Crippen LogP contribution in [0.2, 0.25) is 0 Å². The minimum Gasteiger partial charge on any atom is -0.469 e. The number of primary amides is 1. The van der Waals surface area contributed by atoms with E-state index < -0.39 is 23.2 Å². The molecule has 2 heterocycles. The second-order valence-electron chi connectivity index (χ2n) is 5.87. The molecule has 3 atom stereocenters. The molecule has 1 unspecified atom stereocenters. The molecule has 0 aromatic carbocycles. The number of ether oxygens (including phenoxy) is 2. The lowest BCUT2D eigenvalue weighted by molar-refractivity contribution is 0.0153. The van der Waals surface area contributed by atoms with Gasteiger partial charge < -0.3 is 20.5 Å². The van der Waals surface area contributed by atoms with E-state index in [0.717, 1.165) is 5.57 Å². The Morgan fingerprint density at radius 3 is 3.12 bits per heavy atom. The molecule has 1 aliphatic carbocycles.